The van der Waals surface area contributed by atoms with Crippen LogP contribution in [-0.4, -0.2) is 40.5 Å². The maximum Gasteiger partial charge on any atom is 0.257 e. The summed E-state index contributed by atoms with van der Waals surface area (Å²) in [6.07, 6.45) is 1.03. The number of carbonyl (C=O) groups is 1. The van der Waals surface area contributed by atoms with Gasteiger partial charge in [-0.15, -0.1) is 0 Å². The summed E-state index contributed by atoms with van der Waals surface area (Å²) in [6.45, 7) is 0. The molecule has 0 spiro atoms. The zero-order chi connectivity index (χ0) is 12.4. The zero-order valence-corrected chi connectivity index (χ0v) is 11.9. The summed E-state index contributed by atoms with van der Waals surface area (Å²) in [5, 5.41) is 9.72. The van der Waals surface area contributed by atoms with Gasteiger partial charge in [-0.1, -0.05) is 15.9 Å². The largest absolute Gasteiger partial charge is 0.507 e. The van der Waals surface area contributed by atoms with Crippen LogP contribution in [0.3, 0.4) is 0 Å². The van der Waals surface area contributed by atoms with E-state index in [9.17, 15) is 9.90 Å². The summed E-state index contributed by atoms with van der Waals surface area (Å²) in [4.78, 5) is 14.0. The molecule has 0 bridgehead atoms. The number of aromatic hydroxyl groups is 1. The van der Waals surface area contributed by atoms with E-state index in [0.29, 0.717) is 5.56 Å². The normalized spacial score (nSPS) is 19.3. The van der Waals surface area contributed by atoms with Gasteiger partial charge in [0.2, 0.25) is 0 Å². The maximum atomic E-state index is 12.2. The molecule has 0 aromatic heterocycles. The van der Waals surface area contributed by atoms with Crippen LogP contribution in [-0.2, 0) is 0 Å². The minimum absolute atomic E-state index is 0.0377. The third-order valence-electron chi connectivity index (χ3n) is 2.96. The Balaban J connectivity index is 2.20. The van der Waals surface area contributed by atoms with Crippen molar-refractivity contribution in [3.63, 3.8) is 0 Å². The highest BCUT2D eigenvalue weighted by atomic mass is 79.9. The van der Waals surface area contributed by atoms with Crippen molar-refractivity contribution in [2.24, 2.45) is 0 Å². The number of rotatable bonds is 2. The average Bonchev–Trinajstić information content (AvgIpc) is 2.84. The third-order valence-corrected chi connectivity index (χ3v) is 4.60. The molecule has 0 aliphatic carbocycles. The SMILES string of the molecule is CN(C(=O)c1cc(Br)ccc1O)C1CCSC1. The van der Waals surface area contributed by atoms with Crippen molar-refractivity contribution in [2.45, 2.75) is 12.5 Å². The standard InChI is InChI=1S/C12H14BrNO2S/c1-14(9-4-5-17-7-9)12(16)10-6-8(13)2-3-11(10)15/h2-3,6,9,15H,4-5,7H2,1H3. The van der Waals surface area contributed by atoms with E-state index in [-0.39, 0.29) is 17.7 Å². The Kier molecular flexibility index (Phi) is 3.99. The van der Waals surface area contributed by atoms with Gasteiger partial charge >= 0.3 is 0 Å². The molecular weight excluding hydrogens is 302 g/mol. The van der Waals surface area contributed by atoms with Crippen molar-refractivity contribution < 1.29 is 9.90 Å². The van der Waals surface area contributed by atoms with Crippen molar-refractivity contribution in [2.75, 3.05) is 18.6 Å². The van der Waals surface area contributed by atoms with Crippen LogP contribution in [0.5, 0.6) is 5.75 Å². The minimum Gasteiger partial charge on any atom is -0.507 e. The lowest BCUT2D eigenvalue weighted by atomic mass is 10.1. The van der Waals surface area contributed by atoms with E-state index in [2.05, 4.69) is 15.9 Å². The molecule has 2 rings (SSSR count). The summed E-state index contributed by atoms with van der Waals surface area (Å²) in [7, 11) is 1.80. The van der Waals surface area contributed by atoms with Crippen LogP contribution >= 0.6 is 27.7 Å². The maximum absolute atomic E-state index is 12.2. The summed E-state index contributed by atoms with van der Waals surface area (Å²) in [5.74, 6) is 2.01. The fourth-order valence-corrected chi connectivity index (χ4v) is 3.49. The molecule has 1 saturated heterocycles. The van der Waals surface area contributed by atoms with E-state index < -0.39 is 0 Å². The van der Waals surface area contributed by atoms with Crippen LogP contribution in [0.2, 0.25) is 0 Å². The Labute approximate surface area is 113 Å². The molecule has 92 valence electrons. The van der Waals surface area contributed by atoms with E-state index in [1.54, 1.807) is 24.1 Å². The van der Waals surface area contributed by atoms with Crippen LogP contribution in [0.4, 0.5) is 0 Å². The topological polar surface area (TPSA) is 40.5 Å². The van der Waals surface area contributed by atoms with Crippen LogP contribution < -0.4 is 0 Å². The molecule has 1 atom stereocenters. The summed E-state index contributed by atoms with van der Waals surface area (Å²) in [5.41, 5.74) is 0.360. The lowest BCUT2D eigenvalue weighted by Crippen LogP contribution is -2.37. The number of phenolic OH excluding ortho intramolecular Hbond substituents is 1. The molecule has 1 aliphatic rings. The van der Waals surface area contributed by atoms with Gasteiger partial charge in [0.05, 0.1) is 5.56 Å². The van der Waals surface area contributed by atoms with Crippen molar-refractivity contribution in [3.8, 4) is 5.75 Å². The van der Waals surface area contributed by atoms with Crippen LogP contribution in [0.1, 0.15) is 16.8 Å². The Morgan fingerprint density at radius 3 is 3.00 bits per heavy atom. The van der Waals surface area contributed by atoms with Crippen LogP contribution in [0.15, 0.2) is 22.7 Å². The van der Waals surface area contributed by atoms with E-state index in [4.69, 9.17) is 0 Å². The Bertz CT molecular complexity index is 433. The number of carbonyl (C=O) groups excluding carboxylic acids is 1. The van der Waals surface area contributed by atoms with E-state index in [0.717, 1.165) is 22.4 Å². The molecule has 3 nitrogen and oxygen atoms in total. The second-order valence-electron chi connectivity index (χ2n) is 4.09. The molecule has 1 aromatic carbocycles. The predicted molar refractivity (Wildman–Crippen MR) is 73.6 cm³/mol. The van der Waals surface area contributed by atoms with Gasteiger partial charge in [0.15, 0.2) is 0 Å². The van der Waals surface area contributed by atoms with Gasteiger partial charge in [0.1, 0.15) is 5.75 Å². The highest BCUT2D eigenvalue weighted by Gasteiger charge is 2.26. The zero-order valence-electron chi connectivity index (χ0n) is 9.52. The number of halogens is 1. The second-order valence-corrected chi connectivity index (χ2v) is 6.16. The molecule has 17 heavy (non-hydrogen) atoms. The van der Waals surface area contributed by atoms with Gasteiger partial charge < -0.3 is 10.0 Å². The third kappa shape index (κ3) is 2.77. The number of hydrogen-bond acceptors (Lipinski definition) is 3. The number of nitrogens with zero attached hydrogens (tertiary/aromatic N) is 1. The highest BCUT2D eigenvalue weighted by molar-refractivity contribution is 9.10. The molecule has 1 aliphatic heterocycles. The fourth-order valence-electron chi connectivity index (χ4n) is 1.86. The van der Waals surface area contributed by atoms with E-state index >= 15 is 0 Å². The molecule has 1 aromatic rings. The molecule has 1 amide bonds. The number of phenols is 1. The molecular formula is C12H14BrNO2S. The van der Waals surface area contributed by atoms with Crippen molar-refractivity contribution in [1.29, 1.82) is 0 Å². The molecule has 0 radical (unpaired) electrons. The first kappa shape index (κ1) is 12.8. The second kappa shape index (κ2) is 5.31. The lowest BCUT2D eigenvalue weighted by molar-refractivity contribution is 0.0745. The average molecular weight is 316 g/mol. The lowest BCUT2D eigenvalue weighted by Gasteiger charge is -2.24. The molecule has 1 fully saturated rings. The minimum atomic E-state index is -0.115. The van der Waals surface area contributed by atoms with Gasteiger partial charge in [0, 0.05) is 23.3 Å². The first-order valence-corrected chi connectivity index (χ1v) is 7.38. The molecule has 1 heterocycles. The molecule has 1 N–H and O–H groups in total. The van der Waals surface area contributed by atoms with Gasteiger partial charge in [-0.25, -0.2) is 0 Å². The Morgan fingerprint density at radius 2 is 2.35 bits per heavy atom. The van der Waals surface area contributed by atoms with Gasteiger partial charge in [0.25, 0.3) is 5.91 Å². The first-order chi connectivity index (χ1) is 8.09. The first-order valence-electron chi connectivity index (χ1n) is 5.43. The summed E-state index contributed by atoms with van der Waals surface area (Å²) < 4.78 is 0.799. The number of hydrogen-bond donors (Lipinski definition) is 1. The van der Waals surface area contributed by atoms with Crippen LogP contribution in [0.25, 0.3) is 0 Å². The quantitative estimate of drug-likeness (QED) is 0.912. The molecule has 5 heteroatoms. The van der Waals surface area contributed by atoms with Crippen LogP contribution in [0, 0.1) is 0 Å². The van der Waals surface area contributed by atoms with Crippen molar-refractivity contribution in [1.82, 2.24) is 4.90 Å². The fraction of sp³-hybridized carbons (Fsp3) is 0.417. The Hall–Kier alpha value is -0.680. The smallest absolute Gasteiger partial charge is 0.257 e. The van der Waals surface area contributed by atoms with Crippen molar-refractivity contribution in [3.05, 3.63) is 28.2 Å². The number of thioether (sulfide) groups is 1. The Morgan fingerprint density at radius 1 is 1.59 bits per heavy atom. The van der Waals surface area contributed by atoms with E-state index in [1.807, 2.05) is 11.8 Å². The molecule has 1 unspecified atom stereocenters. The van der Waals surface area contributed by atoms with Gasteiger partial charge in [-0.3, -0.25) is 4.79 Å². The van der Waals surface area contributed by atoms with Crippen molar-refractivity contribution >= 4 is 33.6 Å². The van der Waals surface area contributed by atoms with E-state index in [1.165, 1.54) is 6.07 Å². The molecule has 0 saturated carbocycles. The van der Waals surface area contributed by atoms with Gasteiger partial charge in [-0.2, -0.15) is 11.8 Å². The highest BCUT2D eigenvalue weighted by Crippen LogP contribution is 2.26. The summed E-state index contributed by atoms with van der Waals surface area (Å²) in [6, 6.07) is 5.20. The predicted octanol–water partition coefficient (Wildman–Crippen LogP) is 2.73. The monoisotopic (exact) mass is 315 g/mol. The summed E-state index contributed by atoms with van der Waals surface area (Å²) >= 11 is 5.18. The number of benzene rings is 1. The van der Waals surface area contributed by atoms with Gasteiger partial charge in [-0.05, 0) is 30.4 Å². The number of amides is 1.